The van der Waals surface area contributed by atoms with Crippen molar-refractivity contribution < 1.29 is 67.9 Å². The van der Waals surface area contributed by atoms with Crippen LogP contribution in [0.3, 0.4) is 0 Å². The molecule has 4 saturated carbocycles. The first-order chi connectivity index (χ1) is 30.5. The van der Waals surface area contributed by atoms with Crippen LogP contribution < -0.4 is 0 Å². The minimum absolute atomic E-state index is 0.00553. The zero-order valence-corrected chi connectivity index (χ0v) is 38.0. The van der Waals surface area contributed by atoms with Crippen molar-refractivity contribution in [3.63, 3.8) is 0 Å². The zero-order chi connectivity index (χ0) is 45.1. The predicted octanol–water partition coefficient (Wildman–Crippen LogP) is 5.51. The molecule has 0 aromatic heterocycles. The van der Waals surface area contributed by atoms with E-state index in [1.54, 1.807) is 26.0 Å². The normalized spacial score (nSPS) is 48.2. The van der Waals surface area contributed by atoms with Crippen molar-refractivity contribution in [2.24, 2.45) is 34.5 Å². The summed E-state index contributed by atoms with van der Waals surface area (Å²) in [5.41, 5.74) is 1.01. The second-order valence-corrected chi connectivity index (χ2v) is 20.9. The molecule has 354 valence electrons. The molecular weight excluding hydrogens is 825 g/mol. The molecule has 4 N–H and O–H groups in total. The summed E-state index contributed by atoms with van der Waals surface area (Å²) in [5.74, 6) is 0.482. The molecule has 20 atom stereocenters. The number of rotatable bonds is 10. The molecule has 64 heavy (non-hydrogen) atoms. The Labute approximate surface area is 376 Å². The van der Waals surface area contributed by atoms with Gasteiger partial charge in [-0.1, -0.05) is 44.2 Å². The van der Waals surface area contributed by atoms with Gasteiger partial charge in [-0.2, -0.15) is 0 Å². The van der Waals surface area contributed by atoms with E-state index in [-0.39, 0.29) is 54.0 Å². The van der Waals surface area contributed by atoms with Gasteiger partial charge in [0.1, 0.15) is 18.8 Å². The fourth-order valence-electron chi connectivity index (χ4n) is 13.9. The maximum absolute atomic E-state index is 12.6. The van der Waals surface area contributed by atoms with Crippen molar-refractivity contribution >= 4 is 18.0 Å². The van der Waals surface area contributed by atoms with Crippen LogP contribution in [0.1, 0.15) is 117 Å². The maximum Gasteiger partial charge on any atom is 0.331 e. The molecule has 1 aromatic carbocycles. The molecule has 0 amide bonds. The minimum atomic E-state index is -1.05. The number of aliphatic hydroxyl groups excluding tert-OH is 3. The molecule has 4 heterocycles. The van der Waals surface area contributed by atoms with E-state index >= 15 is 0 Å². The van der Waals surface area contributed by atoms with E-state index in [0.29, 0.717) is 18.4 Å². The number of fused-ring (bicyclic) bond motifs is 5. The van der Waals surface area contributed by atoms with Crippen molar-refractivity contribution in [1.82, 2.24) is 0 Å². The van der Waals surface area contributed by atoms with Gasteiger partial charge in [0.05, 0.1) is 48.3 Å². The lowest BCUT2D eigenvalue weighted by atomic mass is 9.43. The van der Waals surface area contributed by atoms with Crippen LogP contribution in [-0.4, -0.2) is 124 Å². The summed E-state index contributed by atoms with van der Waals surface area (Å²) in [4.78, 5) is 24.5. The first-order valence-corrected chi connectivity index (χ1v) is 24.0. The molecule has 4 aliphatic heterocycles. The molecule has 4 aliphatic carbocycles. The van der Waals surface area contributed by atoms with Gasteiger partial charge in [-0.05, 0) is 125 Å². The lowest BCUT2D eigenvalue weighted by Crippen LogP contribution is -2.62. The lowest BCUT2D eigenvalue weighted by Gasteiger charge is -2.64. The average Bonchev–Trinajstić information content (AvgIpc) is 3.80. The van der Waals surface area contributed by atoms with E-state index in [1.165, 1.54) is 6.08 Å². The Hall–Kier alpha value is -2.76. The molecule has 0 spiro atoms. The minimum Gasteiger partial charge on any atom is -0.458 e. The van der Waals surface area contributed by atoms with Gasteiger partial charge < -0.3 is 58.3 Å². The van der Waals surface area contributed by atoms with Gasteiger partial charge in [0, 0.05) is 36.8 Å². The molecule has 14 nitrogen and oxygen atoms in total. The molecule has 0 radical (unpaired) electrons. The smallest absolute Gasteiger partial charge is 0.331 e. The third-order valence-corrected chi connectivity index (χ3v) is 17.3. The van der Waals surface area contributed by atoms with Gasteiger partial charge in [0.25, 0.3) is 0 Å². The standard InChI is InChI=1S/C50H70O14/c1-27-45(62-40(54)14-11-30-9-7-6-8-10-30)37(51)24-43(59-27)63-47-29(3)60-44(25-39(47)53)64-46-28(2)58-42(23-38(46)52)61-33-15-18-48(4)32(22-33)12-13-36-35(48)16-19-49(5)34(17-20-50(36,49)56)31-21-41(55)57-26-31/h6-11,14,21,27-29,32-39,42-47,51-53,56H,12-13,15-20,22-26H2,1-5H3/b14-11+/t27-,28-,29-,32-,33+,34-,35+,36-,37+,38+,39+,42+,43+,44+,45-,46-,47-,48+,49-,50+/m1/s1. The topological polar surface area (TPSA) is 189 Å². The summed E-state index contributed by atoms with van der Waals surface area (Å²) in [6.45, 7) is 10.4. The van der Waals surface area contributed by atoms with Crippen molar-refractivity contribution in [3.05, 3.63) is 53.6 Å². The van der Waals surface area contributed by atoms with E-state index in [2.05, 4.69) is 13.8 Å². The van der Waals surface area contributed by atoms with Crippen LogP contribution in [0.25, 0.3) is 6.08 Å². The van der Waals surface area contributed by atoms with Crippen LogP contribution in [0.4, 0.5) is 0 Å². The Morgan fingerprint density at radius 2 is 1.33 bits per heavy atom. The van der Waals surface area contributed by atoms with Gasteiger partial charge in [0.15, 0.2) is 25.0 Å². The van der Waals surface area contributed by atoms with E-state index in [1.807, 2.05) is 37.3 Å². The van der Waals surface area contributed by atoms with Crippen LogP contribution in [0.5, 0.6) is 0 Å². The van der Waals surface area contributed by atoms with Crippen LogP contribution in [0, 0.1) is 34.5 Å². The highest BCUT2D eigenvalue weighted by atomic mass is 16.7. The molecule has 3 saturated heterocycles. The van der Waals surface area contributed by atoms with E-state index < -0.39 is 85.4 Å². The highest BCUT2D eigenvalue weighted by Crippen LogP contribution is 2.70. The van der Waals surface area contributed by atoms with Crippen molar-refractivity contribution in [2.45, 2.75) is 197 Å². The molecular formula is C50H70O14. The number of carbonyl (C=O) groups excluding carboxylic acids is 2. The number of benzene rings is 1. The Balaban J connectivity index is 0.726. The first kappa shape index (κ1) is 46.4. The van der Waals surface area contributed by atoms with Crippen LogP contribution in [0.2, 0.25) is 0 Å². The summed E-state index contributed by atoms with van der Waals surface area (Å²) in [6.07, 6.45) is 4.20. The number of ether oxygens (including phenoxy) is 8. The SMILES string of the molecule is C[C@H]1O[C@@H](O[C@H]2[C@@H](O)C[C@H](O[C@H]3[C@@H](O)C[C@H](O[C@H]4CC[C@@]5(C)[C@H](CC[C@@H]6[C@@H]5CC[C@]5(C)[C@@H](C7=CC(=O)OC7)CC[C@]65O)C4)O[C@@H]3C)O[C@@H]2C)C[C@H](O)[C@@H]1OC(=O)/C=C/c1ccccc1. The Bertz CT molecular complexity index is 1860. The van der Waals surface area contributed by atoms with E-state index in [4.69, 9.17) is 37.9 Å². The molecule has 14 heteroatoms. The molecule has 0 bridgehead atoms. The van der Waals surface area contributed by atoms with Crippen LogP contribution in [-0.2, 0) is 47.5 Å². The second-order valence-electron chi connectivity index (χ2n) is 20.9. The highest BCUT2D eigenvalue weighted by molar-refractivity contribution is 5.87. The van der Waals surface area contributed by atoms with E-state index in [9.17, 15) is 30.0 Å². The van der Waals surface area contributed by atoms with Crippen molar-refractivity contribution in [2.75, 3.05) is 6.61 Å². The predicted molar refractivity (Wildman–Crippen MR) is 231 cm³/mol. The molecule has 9 rings (SSSR count). The molecule has 1 aromatic rings. The van der Waals surface area contributed by atoms with E-state index in [0.717, 1.165) is 68.9 Å². The number of aliphatic hydroxyl groups is 4. The number of cyclic esters (lactones) is 1. The van der Waals surface area contributed by atoms with Gasteiger partial charge in [-0.3, -0.25) is 0 Å². The Morgan fingerprint density at radius 3 is 1.92 bits per heavy atom. The molecule has 0 unspecified atom stereocenters. The zero-order valence-electron chi connectivity index (χ0n) is 38.0. The fourth-order valence-corrected chi connectivity index (χ4v) is 13.9. The van der Waals surface area contributed by atoms with Crippen molar-refractivity contribution in [1.29, 1.82) is 0 Å². The number of hydrogen-bond acceptors (Lipinski definition) is 14. The van der Waals surface area contributed by atoms with Crippen molar-refractivity contribution in [3.8, 4) is 0 Å². The summed E-state index contributed by atoms with van der Waals surface area (Å²) in [5, 5.41) is 46.2. The number of carbonyl (C=O) groups is 2. The fraction of sp³-hybridized carbons (Fsp3) is 0.760. The first-order valence-electron chi connectivity index (χ1n) is 24.0. The second kappa shape index (κ2) is 18.4. The van der Waals surface area contributed by atoms with Gasteiger partial charge in [0.2, 0.25) is 0 Å². The molecule has 7 fully saturated rings. The third-order valence-electron chi connectivity index (χ3n) is 17.3. The van der Waals surface area contributed by atoms with Gasteiger partial charge >= 0.3 is 11.9 Å². The summed E-state index contributed by atoms with van der Waals surface area (Å²) in [7, 11) is 0. The summed E-state index contributed by atoms with van der Waals surface area (Å²) >= 11 is 0. The summed E-state index contributed by atoms with van der Waals surface area (Å²) < 4.78 is 48.5. The van der Waals surface area contributed by atoms with Crippen LogP contribution in [0.15, 0.2) is 48.1 Å². The Morgan fingerprint density at radius 1 is 0.719 bits per heavy atom. The summed E-state index contributed by atoms with van der Waals surface area (Å²) in [6, 6.07) is 9.35. The average molecular weight is 895 g/mol. The lowest BCUT2D eigenvalue weighted by molar-refractivity contribution is -0.336. The third kappa shape index (κ3) is 8.78. The quantitative estimate of drug-likeness (QED) is 0.131. The van der Waals surface area contributed by atoms with Gasteiger partial charge in [-0.15, -0.1) is 0 Å². The molecule has 8 aliphatic rings. The maximum atomic E-state index is 12.6. The van der Waals surface area contributed by atoms with Gasteiger partial charge in [-0.25, -0.2) is 9.59 Å². The number of hydrogen-bond donors (Lipinski definition) is 4. The monoisotopic (exact) mass is 894 g/mol. The Kier molecular flexibility index (Phi) is 13.3. The largest absolute Gasteiger partial charge is 0.458 e. The number of esters is 2. The van der Waals surface area contributed by atoms with Crippen LogP contribution >= 0.6 is 0 Å². The highest BCUT2D eigenvalue weighted by Gasteiger charge is 2.68.